The van der Waals surface area contributed by atoms with E-state index in [1.165, 1.54) is 0 Å². The Hall–Kier alpha value is -0.420. The van der Waals surface area contributed by atoms with E-state index >= 15 is 0 Å². The predicted molar refractivity (Wildman–Crippen MR) is 67.5 cm³/mol. The highest BCUT2D eigenvalue weighted by Crippen LogP contribution is 2.49. The largest absolute Gasteiger partial charge is 0.481 e. The molecule has 0 spiro atoms. The monoisotopic (exact) mass is 262 g/mol. The van der Waals surface area contributed by atoms with Crippen molar-refractivity contribution in [1.82, 2.24) is 0 Å². The maximum Gasteiger partial charge on any atom is 0.303 e. The van der Waals surface area contributed by atoms with E-state index in [0.717, 1.165) is 32.3 Å². The number of aliphatic carboxylic acids is 1. The SMILES string of the molecule is CCCCOCCS(=O)CC1(CC(=O)O)CC1. The minimum absolute atomic E-state index is 0.162. The van der Waals surface area contributed by atoms with Crippen LogP contribution in [0, 0.1) is 5.41 Å². The lowest BCUT2D eigenvalue weighted by atomic mass is 10.1. The van der Waals surface area contributed by atoms with Crippen molar-refractivity contribution in [3.05, 3.63) is 0 Å². The molecule has 100 valence electrons. The van der Waals surface area contributed by atoms with Crippen molar-refractivity contribution >= 4 is 16.8 Å². The third-order valence-electron chi connectivity index (χ3n) is 3.05. The lowest BCUT2D eigenvalue weighted by Gasteiger charge is -2.11. The molecule has 1 rings (SSSR count). The van der Waals surface area contributed by atoms with Crippen LogP contribution in [0.4, 0.5) is 0 Å². The fraction of sp³-hybridized carbons (Fsp3) is 0.917. The molecule has 1 saturated carbocycles. The molecule has 0 heterocycles. The van der Waals surface area contributed by atoms with Crippen LogP contribution in [0.1, 0.15) is 39.0 Å². The molecule has 0 bridgehead atoms. The lowest BCUT2D eigenvalue weighted by Crippen LogP contribution is -2.20. The second kappa shape index (κ2) is 7.11. The van der Waals surface area contributed by atoms with Crippen molar-refractivity contribution in [3.63, 3.8) is 0 Å². The zero-order valence-corrected chi connectivity index (χ0v) is 11.3. The summed E-state index contributed by atoms with van der Waals surface area (Å²) in [7, 11) is -0.937. The van der Waals surface area contributed by atoms with Crippen LogP contribution < -0.4 is 0 Å². The Morgan fingerprint density at radius 1 is 1.41 bits per heavy atom. The van der Waals surface area contributed by atoms with Gasteiger partial charge in [0, 0.05) is 28.9 Å². The van der Waals surface area contributed by atoms with Gasteiger partial charge in [-0.25, -0.2) is 0 Å². The first-order valence-corrected chi connectivity index (χ1v) is 7.71. The Kier molecular flexibility index (Phi) is 6.12. The minimum atomic E-state index is -0.937. The number of unbranched alkanes of at least 4 members (excludes halogenated alkanes) is 1. The van der Waals surface area contributed by atoms with Gasteiger partial charge in [0.15, 0.2) is 0 Å². The molecule has 17 heavy (non-hydrogen) atoms. The van der Waals surface area contributed by atoms with Crippen LogP contribution in [0.3, 0.4) is 0 Å². The van der Waals surface area contributed by atoms with Crippen LogP contribution in [0.5, 0.6) is 0 Å². The molecule has 1 atom stereocenters. The number of hydrogen-bond donors (Lipinski definition) is 1. The average Bonchev–Trinajstić information content (AvgIpc) is 2.96. The quantitative estimate of drug-likeness (QED) is 0.610. The van der Waals surface area contributed by atoms with Gasteiger partial charge in [-0.05, 0) is 24.7 Å². The van der Waals surface area contributed by atoms with E-state index in [0.29, 0.717) is 18.1 Å². The van der Waals surface area contributed by atoms with Crippen molar-refractivity contribution in [3.8, 4) is 0 Å². The topological polar surface area (TPSA) is 63.6 Å². The number of rotatable bonds is 10. The third kappa shape index (κ3) is 6.17. The van der Waals surface area contributed by atoms with E-state index in [4.69, 9.17) is 9.84 Å². The van der Waals surface area contributed by atoms with E-state index in [9.17, 15) is 9.00 Å². The van der Waals surface area contributed by atoms with Gasteiger partial charge in [-0.1, -0.05) is 13.3 Å². The van der Waals surface area contributed by atoms with Gasteiger partial charge in [-0.2, -0.15) is 0 Å². The normalized spacial score (nSPS) is 18.9. The van der Waals surface area contributed by atoms with E-state index in [-0.39, 0.29) is 11.8 Å². The van der Waals surface area contributed by atoms with E-state index in [2.05, 4.69) is 6.92 Å². The van der Waals surface area contributed by atoms with E-state index < -0.39 is 16.8 Å². The van der Waals surface area contributed by atoms with Gasteiger partial charge in [-0.3, -0.25) is 9.00 Å². The first-order valence-electron chi connectivity index (χ1n) is 6.22. The van der Waals surface area contributed by atoms with Crippen LogP contribution in [-0.2, 0) is 20.3 Å². The van der Waals surface area contributed by atoms with Crippen LogP contribution >= 0.6 is 0 Å². The molecule has 0 aromatic heterocycles. The molecule has 1 fully saturated rings. The molecule has 1 unspecified atom stereocenters. The molecular weight excluding hydrogens is 240 g/mol. The number of hydrogen-bond acceptors (Lipinski definition) is 3. The summed E-state index contributed by atoms with van der Waals surface area (Å²) in [6.07, 6.45) is 4.11. The van der Waals surface area contributed by atoms with Crippen molar-refractivity contribution < 1.29 is 18.8 Å². The summed E-state index contributed by atoms with van der Waals surface area (Å²) in [6, 6.07) is 0. The van der Waals surface area contributed by atoms with Gasteiger partial charge in [-0.15, -0.1) is 0 Å². The van der Waals surface area contributed by atoms with E-state index in [1.54, 1.807) is 0 Å². The summed E-state index contributed by atoms with van der Waals surface area (Å²) in [5.41, 5.74) is -0.167. The van der Waals surface area contributed by atoms with Crippen molar-refractivity contribution in [2.45, 2.75) is 39.0 Å². The Labute approximate surface area is 105 Å². The second-order valence-electron chi connectivity index (χ2n) is 4.82. The van der Waals surface area contributed by atoms with Crippen LogP contribution in [0.2, 0.25) is 0 Å². The Bertz CT molecular complexity index is 274. The second-order valence-corrected chi connectivity index (χ2v) is 6.40. The van der Waals surface area contributed by atoms with Gasteiger partial charge < -0.3 is 9.84 Å². The van der Waals surface area contributed by atoms with E-state index in [1.807, 2.05) is 0 Å². The van der Waals surface area contributed by atoms with Gasteiger partial charge in [0.05, 0.1) is 13.0 Å². The summed E-state index contributed by atoms with van der Waals surface area (Å²) in [5, 5.41) is 8.75. The molecule has 4 nitrogen and oxygen atoms in total. The summed E-state index contributed by atoms with van der Waals surface area (Å²) in [5.74, 6) is 0.278. The first-order chi connectivity index (χ1) is 8.08. The Balaban J connectivity index is 2.10. The molecule has 0 saturated heterocycles. The van der Waals surface area contributed by atoms with Crippen molar-refractivity contribution in [1.29, 1.82) is 0 Å². The Morgan fingerprint density at radius 3 is 2.65 bits per heavy atom. The van der Waals surface area contributed by atoms with Gasteiger partial charge in [0.2, 0.25) is 0 Å². The Morgan fingerprint density at radius 2 is 2.12 bits per heavy atom. The fourth-order valence-corrected chi connectivity index (χ4v) is 3.31. The van der Waals surface area contributed by atoms with Gasteiger partial charge in [0.1, 0.15) is 0 Å². The molecule has 1 aliphatic rings. The zero-order valence-electron chi connectivity index (χ0n) is 10.4. The fourth-order valence-electron chi connectivity index (χ4n) is 1.78. The highest BCUT2D eigenvalue weighted by atomic mass is 32.2. The molecule has 0 aromatic carbocycles. The number of carbonyl (C=O) groups is 1. The summed E-state index contributed by atoms with van der Waals surface area (Å²) in [4.78, 5) is 10.6. The maximum atomic E-state index is 11.8. The molecule has 0 aromatic rings. The molecule has 1 aliphatic carbocycles. The summed E-state index contributed by atoms with van der Waals surface area (Å²) in [6.45, 7) is 3.36. The number of ether oxygens (including phenoxy) is 1. The van der Waals surface area contributed by atoms with Crippen LogP contribution in [0.15, 0.2) is 0 Å². The van der Waals surface area contributed by atoms with Crippen LogP contribution in [-0.4, -0.2) is 40.0 Å². The lowest BCUT2D eigenvalue weighted by molar-refractivity contribution is -0.138. The number of carboxylic acids is 1. The van der Waals surface area contributed by atoms with Crippen molar-refractivity contribution in [2.24, 2.45) is 5.41 Å². The van der Waals surface area contributed by atoms with Crippen molar-refractivity contribution in [2.75, 3.05) is 24.7 Å². The molecular formula is C12H22O4S. The molecule has 0 aliphatic heterocycles. The standard InChI is InChI=1S/C12H22O4S/c1-2-3-6-16-7-8-17(15)10-12(4-5-12)9-11(13)14/h2-10H2,1H3,(H,13,14). The van der Waals surface area contributed by atoms with Crippen LogP contribution in [0.25, 0.3) is 0 Å². The number of carboxylic acid groups (broad SMARTS) is 1. The molecule has 0 radical (unpaired) electrons. The minimum Gasteiger partial charge on any atom is -0.481 e. The smallest absolute Gasteiger partial charge is 0.303 e. The maximum absolute atomic E-state index is 11.8. The predicted octanol–water partition coefficient (Wildman–Crippen LogP) is 1.81. The van der Waals surface area contributed by atoms with Gasteiger partial charge in [0.25, 0.3) is 0 Å². The molecule has 0 amide bonds. The highest BCUT2D eigenvalue weighted by Gasteiger charge is 2.45. The van der Waals surface area contributed by atoms with Gasteiger partial charge >= 0.3 is 5.97 Å². The average molecular weight is 262 g/mol. The molecule has 1 N–H and O–H groups in total. The summed E-state index contributed by atoms with van der Waals surface area (Å²) >= 11 is 0. The summed E-state index contributed by atoms with van der Waals surface area (Å²) < 4.78 is 17.1. The third-order valence-corrected chi connectivity index (χ3v) is 4.60. The molecule has 5 heteroatoms. The zero-order chi connectivity index (χ0) is 12.7. The first kappa shape index (κ1) is 14.6. The highest BCUT2D eigenvalue weighted by molar-refractivity contribution is 7.85.